The van der Waals surface area contributed by atoms with Crippen LogP contribution in [0.3, 0.4) is 0 Å². The summed E-state index contributed by atoms with van der Waals surface area (Å²) in [5, 5.41) is 7.69. The van der Waals surface area contributed by atoms with E-state index in [2.05, 4.69) is 15.6 Å². The lowest BCUT2D eigenvalue weighted by Crippen LogP contribution is -2.25. The molecule has 0 aliphatic rings. The molecule has 6 nitrogen and oxygen atoms in total. The first-order valence-corrected chi connectivity index (χ1v) is 11.3. The van der Waals surface area contributed by atoms with Gasteiger partial charge in [0.2, 0.25) is 11.8 Å². The molecule has 1 aromatic heterocycles. The molecule has 0 saturated carbocycles. The van der Waals surface area contributed by atoms with Gasteiger partial charge in [-0.2, -0.15) is 0 Å². The predicted molar refractivity (Wildman–Crippen MR) is 124 cm³/mol. The van der Waals surface area contributed by atoms with Crippen LogP contribution in [0.1, 0.15) is 12.5 Å². The molecule has 2 amide bonds. The number of carbonyl (C=O) groups is 2. The standard InChI is InChI=1S/C22H23N3O3S2/c1-14-4-8-17(9-5-14)23-20(26)13-29-15(2)21(27)25-22-24-19(12-30-22)16-6-10-18(28-3)11-7-16/h4-12,15H,13H2,1-3H3,(H,23,26)(H,24,25,27). The molecule has 0 fully saturated rings. The minimum atomic E-state index is -0.387. The number of amides is 2. The van der Waals surface area contributed by atoms with Crippen molar-refractivity contribution in [1.29, 1.82) is 0 Å². The Bertz CT molecular complexity index is 1000. The second kappa shape index (κ2) is 10.3. The van der Waals surface area contributed by atoms with Crippen molar-refractivity contribution >= 4 is 45.7 Å². The highest BCUT2D eigenvalue weighted by atomic mass is 32.2. The Labute approximate surface area is 184 Å². The number of hydrogen-bond donors (Lipinski definition) is 2. The molecule has 1 atom stereocenters. The van der Waals surface area contributed by atoms with Crippen molar-refractivity contribution in [2.45, 2.75) is 19.1 Å². The van der Waals surface area contributed by atoms with Crippen molar-refractivity contribution in [2.75, 3.05) is 23.5 Å². The number of carbonyl (C=O) groups excluding carboxylic acids is 2. The summed E-state index contributed by atoms with van der Waals surface area (Å²) in [7, 11) is 1.62. The van der Waals surface area contributed by atoms with E-state index in [1.165, 1.54) is 23.1 Å². The summed E-state index contributed by atoms with van der Waals surface area (Å²) in [4.78, 5) is 29.0. The molecule has 156 valence electrons. The average Bonchev–Trinajstić information content (AvgIpc) is 3.22. The Hall–Kier alpha value is -2.84. The minimum absolute atomic E-state index is 0.139. The zero-order valence-electron chi connectivity index (χ0n) is 17.0. The quantitative estimate of drug-likeness (QED) is 0.524. The van der Waals surface area contributed by atoms with Gasteiger partial charge in [-0.05, 0) is 50.2 Å². The van der Waals surface area contributed by atoms with E-state index in [4.69, 9.17) is 4.74 Å². The number of aryl methyl sites for hydroxylation is 1. The van der Waals surface area contributed by atoms with Gasteiger partial charge < -0.3 is 15.4 Å². The molecule has 8 heteroatoms. The van der Waals surface area contributed by atoms with E-state index in [1.54, 1.807) is 14.0 Å². The lowest BCUT2D eigenvalue weighted by atomic mass is 10.2. The van der Waals surface area contributed by atoms with Gasteiger partial charge in [-0.1, -0.05) is 17.7 Å². The van der Waals surface area contributed by atoms with Gasteiger partial charge >= 0.3 is 0 Å². The fourth-order valence-electron chi connectivity index (χ4n) is 2.54. The molecule has 0 spiro atoms. The van der Waals surface area contributed by atoms with Crippen molar-refractivity contribution in [3.05, 3.63) is 59.5 Å². The molecular formula is C22H23N3O3S2. The SMILES string of the molecule is COc1ccc(-c2csc(NC(=O)C(C)SCC(=O)Nc3ccc(C)cc3)n2)cc1. The van der Waals surface area contributed by atoms with Crippen molar-refractivity contribution in [1.82, 2.24) is 4.98 Å². The van der Waals surface area contributed by atoms with Gasteiger partial charge in [0, 0.05) is 16.6 Å². The Morgan fingerprint density at radius 3 is 2.47 bits per heavy atom. The maximum Gasteiger partial charge on any atom is 0.239 e. The Morgan fingerprint density at radius 2 is 1.80 bits per heavy atom. The molecule has 3 aromatic rings. The van der Waals surface area contributed by atoms with E-state index < -0.39 is 0 Å². The second-order valence-corrected chi connectivity index (χ2v) is 8.81. The number of anilines is 2. The number of methoxy groups -OCH3 is 1. The number of thioether (sulfide) groups is 1. The predicted octanol–water partition coefficient (Wildman–Crippen LogP) is 4.83. The number of thiazole rings is 1. The van der Waals surface area contributed by atoms with Crippen LogP contribution in [0.25, 0.3) is 11.3 Å². The minimum Gasteiger partial charge on any atom is -0.497 e. The van der Waals surface area contributed by atoms with E-state index in [1.807, 2.05) is 60.8 Å². The summed E-state index contributed by atoms with van der Waals surface area (Å²) in [6.07, 6.45) is 0. The fraction of sp³-hybridized carbons (Fsp3) is 0.227. The highest BCUT2D eigenvalue weighted by Crippen LogP contribution is 2.27. The molecule has 0 aliphatic carbocycles. The zero-order valence-corrected chi connectivity index (χ0v) is 18.6. The summed E-state index contributed by atoms with van der Waals surface area (Å²) in [5.74, 6) is 0.648. The van der Waals surface area contributed by atoms with Gasteiger partial charge in [-0.15, -0.1) is 23.1 Å². The summed E-state index contributed by atoms with van der Waals surface area (Å²) in [6.45, 7) is 3.77. The van der Waals surface area contributed by atoms with Crippen molar-refractivity contribution in [2.24, 2.45) is 0 Å². The lowest BCUT2D eigenvalue weighted by Gasteiger charge is -2.11. The zero-order chi connectivity index (χ0) is 21.5. The van der Waals surface area contributed by atoms with Crippen LogP contribution in [0.5, 0.6) is 5.75 Å². The normalized spacial score (nSPS) is 11.6. The second-order valence-electron chi connectivity index (χ2n) is 6.62. The number of nitrogens with one attached hydrogen (secondary N) is 2. The third kappa shape index (κ3) is 6.08. The Balaban J connectivity index is 1.48. The molecule has 0 aliphatic heterocycles. The van der Waals surface area contributed by atoms with Gasteiger partial charge in [0.1, 0.15) is 5.75 Å². The third-order valence-corrected chi connectivity index (χ3v) is 6.19. The van der Waals surface area contributed by atoms with E-state index in [-0.39, 0.29) is 22.8 Å². The van der Waals surface area contributed by atoms with Crippen LogP contribution < -0.4 is 15.4 Å². The number of benzene rings is 2. The monoisotopic (exact) mass is 441 g/mol. The van der Waals surface area contributed by atoms with Gasteiger partial charge in [-0.3, -0.25) is 9.59 Å². The van der Waals surface area contributed by atoms with Crippen LogP contribution in [-0.4, -0.2) is 34.9 Å². The molecule has 0 bridgehead atoms. The maximum absolute atomic E-state index is 12.4. The van der Waals surface area contributed by atoms with E-state index >= 15 is 0 Å². The van der Waals surface area contributed by atoms with Gasteiger partial charge in [0.25, 0.3) is 0 Å². The van der Waals surface area contributed by atoms with Gasteiger partial charge in [0.15, 0.2) is 5.13 Å². The molecule has 1 unspecified atom stereocenters. The average molecular weight is 442 g/mol. The maximum atomic E-state index is 12.4. The summed E-state index contributed by atoms with van der Waals surface area (Å²) in [5.41, 5.74) is 3.61. The Kier molecular flexibility index (Phi) is 7.48. The molecule has 2 N–H and O–H groups in total. The molecule has 0 radical (unpaired) electrons. The first-order chi connectivity index (χ1) is 14.4. The molecule has 30 heavy (non-hydrogen) atoms. The van der Waals surface area contributed by atoms with Crippen molar-refractivity contribution in [3.63, 3.8) is 0 Å². The van der Waals surface area contributed by atoms with E-state index in [0.29, 0.717) is 5.13 Å². The van der Waals surface area contributed by atoms with Crippen LogP contribution in [-0.2, 0) is 9.59 Å². The van der Waals surface area contributed by atoms with E-state index in [0.717, 1.165) is 28.3 Å². The number of rotatable bonds is 8. The van der Waals surface area contributed by atoms with Crippen LogP contribution >= 0.6 is 23.1 Å². The number of nitrogens with zero attached hydrogens (tertiary/aromatic N) is 1. The smallest absolute Gasteiger partial charge is 0.239 e. The first kappa shape index (κ1) is 21.9. The topological polar surface area (TPSA) is 80.3 Å². The van der Waals surface area contributed by atoms with Crippen LogP contribution in [0.4, 0.5) is 10.8 Å². The van der Waals surface area contributed by atoms with Gasteiger partial charge in [0.05, 0.1) is 23.8 Å². The summed E-state index contributed by atoms with van der Waals surface area (Å²) < 4.78 is 5.16. The van der Waals surface area contributed by atoms with Crippen LogP contribution in [0.15, 0.2) is 53.9 Å². The highest BCUT2D eigenvalue weighted by molar-refractivity contribution is 8.01. The Morgan fingerprint density at radius 1 is 1.10 bits per heavy atom. The summed E-state index contributed by atoms with van der Waals surface area (Å²) >= 11 is 2.64. The van der Waals surface area contributed by atoms with Gasteiger partial charge in [-0.25, -0.2) is 4.98 Å². The molecular weight excluding hydrogens is 418 g/mol. The van der Waals surface area contributed by atoms with Crippen molar-refractivity contribution in [3.8, 4) is 17.0 Å². The summed E-state index contributed by atoms with van der Waals surface area (Å²) in [6, 6.07) is 15.2. The largest absolute Gasteiger partial charge is 0.497 e. The fourth-order valence-corrected chi connectivity index (χ4v) is 3.95. The lowest BCUT2D eigenvalue weighted by molar-refractivity contribution is -0.115. The van der Waals surface area contributed by atoms with Crippen LogP contribution in [0, 0.1) is 6.92 Å². The van der Waals surface area contributed by atoms with E-state index in [9.17, 15) is 9.59 Å². The first-order valence-electron chi connectivity index (χ1n) is 9.33. The molecule has 2 aromatic carbocycles. The van der Waals surface area contributed by atoms with Crippen LogP contribution in [0.2, 0.25) is 0 Å². The highest BCUT2D eigenvalue weighted by Gasteiger charge is 2.17. The molecule has 3 rings (SSSR count). The molecule has 0 saturated heterocycles. The third-order valence-electron chi connectivity index (χ3n) is 4.29. The number of aromatic nitrogens is 1. The number of hydrogen-bond acceptors (Lipinski definition) is 6. The van der Waals surface area contributed by atoms with Crippen molar-refractivity contribution < 1.29 is 14.3 Å². The molecule has 1 heterocycles. The number of ether oxygens (including phenoxy) is 1.